The smallest absolute Gasteiger partial charge is 0.192 e. The molecule has 0 N–H and O–H groups in total. The standard InChI is InChI=1S/C15H27IO3Si/c1-10-9-12-13(17-10)14(11(18-12)7-8-16)19-20(5,6)15(2,3)4/h7-8,10-14H,9H2,1-6H3/b8-7+/t10-,11+,12-,13+,14-/m1/s1. The average molecular weight is 410 g/mol. The van der Waals surface area contributed by atoms with Crippen LogP contribution in [-0.2, 0) is 13.9 Å². The molecular formula is C15H27IO3Si. The van der Waals surface area contributed by atoms with Gasteiger partial charge in [0.25, 0.3) is 0 Å². The zero-order chi connectivity index (χ0) is 15.1. The van der Waals surface area contributed by atoms with E-state index in [0.29, 0.717) is 0 Å². The van der Waals surface area contributed by atoms with Crippen molar-refractivity contribution in [1.82, 2.24) is 0 Å². The van der Waals surface area contributed by atoms with Crippen molar-refractivity contribution in [1.29, 1.82) is 0 Å². The fourth-order valence-corrected chi connectivity index (χ4v) is 4.35. The van der Waals surface area contributed by atoms with Gasteiger partial charge >= 0.3 is 0 Å². The van der Waals surface area contributed by atoms with Gasteiger partial charge in [-0.15, -0.1) is 0 Å². The summed E-state index contributed by atoms with van der Waals surface area (Å²) in [5.41, 5.74) is 0. The molecule has 20 heavy (non-hydrogen) atoms. The van der Waals surface area contributed by atoms with Gasteiger partial charge in [0.05, 0.1) is 12.2 Å². The van der Waals surface area contributed by atoms with E-state index in [2.05, 4.69) is 69.5 Å². The summed E-state index contributed by atoms with van der Waals surface area (Å²) in [6.45, 7) is 13.5. The second-order valence-electron chi connectivity index (χ2n) is 7.45. The first-order chi connectivity index (χ1) is 9.15. The Hall–Kier alpha value is 0.567. The van der Waals surface area contributed by atoms with Gasteiger partial charge < -0.3 is 13.9 Å². The largest absolute Gasteiger partial charge is 0.408 e. The Morgan fingerprint density at radius 3 is 2.45 bits per heavy atom. The Morgan fingerprint density at radius 2 is 1.90 bits per heavy atom. The summed E-state index contributed by atoms with van der Waals surface area (Å²) in [4.78, 5) is 0. The fourth-order valence-electron chi connectivity index (χ4n) is 2.64. The summed E-state index contributed by atoms with van der Waals surface area (Å²) in [5, 5.41) is 0.202. The van der Waals surface area contributed by atoms with Crippen molar-refractivity contribution in [3.8, 4) is 0 Å². The van der Waals surface area contributed by atoms with E-state index in [1.807, 2.05) is 4.08 Å². The molecule has 2 aliphatic rings. The van der Waals surface area contributed by atoms with Crippen LogP contribution < -0.4 is 0 Å². The lowest BCUT2D eigenvalue weighted by atomic mass is 10.1. The number of fused-ring (bicyclic) bond motifs is 1. The Balaban J connectivity index is 2.17. The molecule has 0 saturated carbocycles. The number of rotatable bonds is 3. The van der Waals surface area contributed by atoms with E-state index in [1.54, 1.807) is 0 Å². The third kappa shape index (κ3) is 3.32. The Morgan fingerprint density at radius 1 is 1.25 bits per heavy atom. The molecule has 0 amide bonds. The molecule has 2 aliphatic heterocycles. The summed E-state index contributed by atoms with van der Waals surface area (Å²) >= 11 is 2.24. The van der Waals surface area contributed by atoms with Crippen LogP contribution in [0.2, 0.25) is 18.1 Å². The molecule has 3 nitrogen and oxygen atoms in total. The Kier molecular flexibility index (Phi) is 5.07. The summed E-state index contributed by atoms with van der Waals surface area (Å²) < 4.78 is 20.9. The molecule has 0 radical (unpaired) electrons. The van der Waals surface area contributed by atoms with Crippen molar-refractivity contribution in [3.63, 3.8) is 0 Å². The van der Waals surface area contributed by atoms with Crippen LogP contribution in [0.5, 0.6) is 0 Å². The predicted octanol–water partition coefficient (Wildman–Crippen LogP) is 4.27. The van der Waals surface area contributed by atoms with Gasteiger partial charge in [0, 0.05) is 6.42 Å². The molecule has 2 heterocycles. The zero-order valence-electron chi connectivity index (χ0n) is 13.4. The van der Waals surface area contributed by atoms with Crippen LogP contribution in [0, 0.1) is 0 Å². The molecule has 5 heteroatoms. The zero-order valence-corrected chi connectivity index (χ0v) is 16.5. The normalized spacial score (nSPS) is 38.6. The number of halogens is 1. The molecule has 0 aromatic rings. The summed E-state index contributed by atoms with van der Waals surface area (Å²) in [7, 11) is -1.82. The Bertz CT molecular complexity index is 378. The predicted molar refractivity (Wildman–Crippen MR) is 92.8 cm³/mol. The van der Waals surface area contributed by atoms with Crippen LogP contribution >= 0.6 is 22.6 Å². The maximum Gasteiger partial charge on any atom is 0.192 e. The second-order valence-corrected chi connectivity index (χ2v) is 12.9. The third-order valence-corrected chi connectivity index (χ3v) is 9.69. The van der Waals surface area contributed by atoms with Crippen molar-refractivity contribution >= 4 is 30.9 Å². The maximum absolute atomic E-state index is 6.62. The SMILES string of the molecule is C[C@@H]1C[C@H]2O[C@@H](/C=C/I)[C@@H](O[Si](C)(C)C(C)(C)C)[C@H]2O1. The molecule has 2 saturated heterocycles. The van der Waals surface area contributed by atoms with E-state index in [1.165, 1.54) is 0 Å². The monoisotopic (exact) mass is 410 g/mol. The van der Waals surface area contributed by atoms with E-state index >= 15 is 0 Å². The highest BCUT2D eigenvalue weighted by atomic mass is 127. The molecule has 0 unspecified atom stereocenters. The van der Waals surface area contributed by atoms with Gasteiger partial charge in [-0.25, -0.2) is 0 Å². The van der Waals surface area contributed by atoms with Gasteiger partial charge in [0.1, 0.15) is 18.3 Å². The molecule has 0 aliphatic carbocycles. The highest BCUT2D eigenvalue weighted by Crippen LogP contribution is 2.42. The van der Waals surface area contributed by atoms with Crippen molar-refractivity contribution in [2.45, 2.75) is 82.8 Å². The molecule has 0 aromatic heterocycles. The van der Waals surface area contributed by atoms with Gasteiger partial charge in [0.15, 0.2) is 8.32 Å². The van der Waals surface area contributed by atoms with Crippen LogP contribution in [0.25, 0.3) is 0 Å². The van der Waals surface area contributed by atoms with E-state index < -0.39 is 8.32 Å². The first-order valence-electron chi connectivity index (χ1n) is 7.41. The molecular weight excluding hydrogens is 383 g/mol. The van der Waals surface area contributed by atoms with Crippen molar-refractivity contribution < 1.29 is 13.9 Å². The van der Waals surface area contributed by atoms with E-state index in [4.69, 9.17) is 13.9 Å². The van der Waals surface area contributed by atoms with Gasteiger partial charge in [-0.1, -0.05) is 43.4 Å². The van der Waals surface area contributed by atoms with E-state index in [0.717, 1.165) is 6.42 Å². The first-order valence-corrected chi connectivity index (χ1v) is 11.6. The third-order valence-electron chi connectivity index (χ3n) is 4.80. The van der Waals surface area contributed by atoms with Gasteiger partial charge in [-0.3, -0.25) is 0 Å². The van der Waals surface area contributed by atoms with Crippen molar-refractivity contribution in [2.24, 2.45) is 0 Å². The highest BCUT2D eigenvalue weighted by molar-refractivity contribution is 14.1. The van der Waals surface area contributed by atoms with Gasteiger partial charge in [-0.05, 0) is 35.2 Å². The van der Waals surface area contributed by atoms with Crippen LogP contribution in [0.4, 0.5) is 0 Å². The van der Waals surface area contributed by atoms with Crippen LogP contribution in [0.15, 0.2) is 10.2 Å². The topological polar surface area (TPSA) is 27.7 Å². The molecule has 5 atom stereocenters. The number of hydrogen-bond acceptors (Lipinski definition) is 3. The maximum atomic E-state index is 6.62. The molecule has 2 rings (SSSR count). The first kappa shape index (κ1) is 16.9. The minimum Gasteiger partial charge on any atom is -0.408 e. The second kappa shape index (κ2) is 5.99. The van der Waals surface area contributed by atoms with E-state index in [-0.39, 0.29) is 35.6 Å². The summed E-state index contributed by atoms with van der Waals surface area (Å²) in [5.74, 6) is 0. The minimum atomic E-state index is -1.82. The van der Waals surface area contributed by atoms with Crippen LogP contribution in [0.3, 0.4) is 0 Å². The fraction of sp³-hybridized carbons (Fsp3) is 0.867. The van der Waals surface area contributed by atoms with Crippen LogP contribution in [0.1, 0.15) is 34.1 Å². The number of ether oxygens (including phenoxy) is 2. The Labute approximate surface area is 137 Å². The molecule has 116 valence electrons. The lowest BCUT2D eigenvalue weighted by Crippen LogP contribution is -2.49. The van der Waals surface area contributed by atoms with E-state index in [9.17, 15) is 0 Å². The minimum absolute atomic E-state index is 0.0310. The van der Waals surface area contributed by atoms with Crippen LogP contribution in [-0.4, -0.2) is 38.8 Å². The quantitative estimate of drug-likeness (QED) is 0.514. The summed E-state index contributed by atoms with van der Waals surface area (Å²) in [6, 6.07) is 0. The van der Waals surface area contributed by atoms with Gasteiger partial charge in [-0.2, -0.15) is 0 Å². The van der Waals surface area contributed by atoms with Crippen molar-refractivity contribution in [3.05, 3.63) is 10.2 Å². The molecule has 2 fully saturated rings. The highest BCUT2D eigenvalue weighted by Gasteiger charge is 2.53. The molecule has 0 spiro atoms. The molecule has 0 aromatic carbocycles. The molecule has 0 bridgehead atoms. The lowest BCUT2D eigenvalue weighted by Gasteiger charge is -2.40. The summed E-state index contributed by atoms with van der Waals surface area (Å²) in [6.07, 6.45) is 3.72. The van der Waals surface area contributed by atoms with Gasteiger partial charge in [0.2, 0.25) is 0 Å². The van der Waals surface area contributed by atoms with Crippen molar-refractivity contribution in [2.75, 3.05) is 0 Å². The average Bonchev–Trinajstić information content (AvgIpc) is 2.76. The lowest BCUT2D eigenvalue weighted by molar-refractivity contribution is -0.0156. The number of hydrogen-bond donors (Lipinski definition) is 0.